The van der Waals surface area contributed by atoms with Gasteiger partial charge in [0, 0.05) is 30.2 Å². The maximum absolute atomic E-state index is 6.22. The maximum atomic E-state index is 6.22. The summed E-state index contributed by atoms with van der Waals surface area (Å²) in [5.74, 6) is 0. The molecule has 1 heterocycles. The van der Waals surface area contributed by atoms with Crippen molar-refractivity contribution in [2.75, 3.05) is 6.54 Å². The fourth-order valence-corrected chi connectivity index (χ4v) is 2.67. The van der Waals surface area contributed by atoms with E-state index in [1.165, 1.54) is 24.0 Å². The van der Waals surface area contributed by atoms with Crippen LogP contribution in [0.5, 0.6) is 0 Å². The lowest BCUT2D eigenvalue weighted by Crippen LogP contribution is -2.38. The Hall–Kier alpha value is -0.570. The van der Waals surface area contributed by atoms with E-state index >= 15 is 0 Å². The SMILES string of the molecule is NC1CN(C2CC2)Cc2c(Cl)cccc21. The minimum atomic E-state index is 0.132. The van der Waals surface area contributed by atoms with Gasteiger partial charge in [-0.05, 0) is 30.0 Å². The van der Waals surface area contributed by atoms with Gasteiger partial charge in [-0.1, -0.05) is 23.7 Å². The van der Waals surface area contributed by atoms with Gasteiger partial charge < -0.3 is 5.73 Å². The predicted octanol–water partition coefficient (Wildman–Crippen LogP) is 2.32. The van der Waals surface area contributed by atoms with Crippen LogP contribution in [0.15, 0.2) is 18.2 Å². The number of benzene rings is 1. The molecule has 80 valence electrons. The van der Waals surface area contributed by atoms with Gasteiger partial charge in [-0.2, -0.15) is 0 Å². The van der Waals surface area contributed by atoms with Crippen LogP contribution in [0, 0.1) is 0 Å². The Morgan fingerprint density at radius 2 is 2.13 bits per heavy atom. The van der Waals surface area contributed by atoms with Crippen LogP contribution in [0.2, 0.25) is 5.02 Å². The van der Waals surface area contributed by atoms with Crippen LogP contribution < -0.4 is 5.73 Å². The van der Waals surface area contributed by atoms with Crippen molar-refractivity contribution in [1.29, 1.82) is 0 Å². The molecule has 1 atom stereocenters. The van der Waals surface area contributed by atoms with Gasteiger partial charge in [0.25, 0.3) is 0 Å². The van der Waals surface area contributed by atoms with E-state index < -0.39 is 0 Å². The van der Waals surface area contributed by atoms with Gasteiger partial charge in [-0.25, -0.2) is 0 Å². The third-order valence-corrected chi connectivity index (χ3v) is 3.76. The quantitative estimate of drug-likeness (QED) is 0.790. The van der Waals surface area contributed by atoms with Crippen LogP contribution in [0.25, 0.3) is 0 Å². The zero-order valence-electron chi connectivity index (χ0n) is 8.62. The molecule has 0 aromatic heterocycles. The zero-order valence-corrected chi connectivity index (χ0v) is 9.37. The monoisotopic (exact) mass is 222 g/mol. The number of halogens is 1. The van der Waals surface area contributed by atoms with Crippen LogP contribution in [0.4, 0.5) is 0 Å². The smallest absolute Gasteiger partial charge is 0.0454 e. The average Bonchev–Trinajstić information content (AvgIpc) is 3.02. The summed E-state index contributed by atoms with van der Waals surface area (Å²) in [4.78, 5) is 2.47. The lowest BCUT2D eigenvalue weighted by Gasteiger charge is -2.33. The summed E-state index contributed by atoms with van der Waals surface area (Å²) in [6.07, 6.45) is 2.65. The molecule has 1 fully saturated rings. The third kappa shape index (κ3) is 1.67. The lowest BCUT2D eigenvalue weighted by atomic mass is 9.96. The molecule has 1 saturated carbocycles. The fourth-order valence-electron chi connectivity index (χ4n) is 2.43. The molecule has 0 bridgehead atoms. The molecule has 15 heavy (non-hydrogen) atoms. The second-order valence-corrected chi connectivity index (χ2v) is 4.98. The first kappa shape index (κ1) is 9.64. The Morgan fingerprint density at radius 3 is 2.87 bits per heavy atom. The molecule has 2 aliphatic rings. The molecule has 0 saturated heterocycles. The largest absolute Gasteiger partial charge is 0.323 e. The van der Waals surface area contributed by atoms with E-state index in [2.05, 4.69) is 11.0 Å². The molecule has 1 aromatic rings. The van der Waals surface area contributed by atoms with Gasteiger partial charge in [-0.15, -0.1) is 0 Å². The molecule has 0 radical (unpaired) electrons. The van der Waals surface area contributed by atoms with Gasteiger partial charge >= 0.3 is 0 Å². The second-order valence-electron chi connectivity index (χ2n) is 4.57. The Bertz CT molecular complexity index is 387. The van der Waals surface area contributed by atoms with Gasteiger partial charge in [0.2, 0.25) is 0 Å². The topological polar surface area (TPSA) is 29.3 Å². The van der Waals surface area contributed by atoms with E-state index in [4.69, 9.17) is 17.3 Å². The van der Waals surface area contributed by atoms with Gasteiger partial charge in [0.1, 0.15) is 0 Å². The van der Waals surface area contributed by atoms with Gasteiger partial charge in [0.15, 0.2) is 0 Å². The third-order valence-electron chi connectivity index (χ3n) is 3.41. The van der Waals surface area contributed by atoms with Gasteiger partial charge in [0.05, 0.1) is 0 Å². The van der Waals surface area contributed by atoms with E-state index in [1.54, 1.807) is 0 Å². The van der Waals surface area contributed by atoms with E-state index in [-0.39, 0.29) is 6.04 Å². The lowest BCUT2D eigenvalue weighted by molar-refractivity contribution is 0.221. The van der Waals surface area contributed by atoms with Crippen molar-refractivity contribution in [1.82, 2.24) is 4.90 Å². The van der Waals surface area contributed by atoms with Gasteiger partial charge in [-0.3, -0.25) is 4.90 Å². The van der Waals surface area contributed by atoms with Crippen molar-refractivity contribution in [3.8, 4) is 0 Å². The van der Waals surface area contributed by atoms with Crippen LogP contribution in [0.3, 0.4) is 0 Å². The van der Waals surface area contributed by atoms with Crippen LogP contribution in [0.1, 0.15) is 30.0 Å². The number of hydrogen-bond donors (Lipinski definition) is 1. The van der Waals surface area contributed by atoms with E-state index in [9.17, 15) is 0 Å². The summed E-state index contributed by atoms with van der Waals surface area (Å²) in [6.45, 7) is 1.96. The molecule has 1 aliphatic heterocycles. The summed E-state index contributed by atoms with van der Waals surface area (Å²) < 4.78 is 0. The fraction of sp³-hybridized carbons (Fsp3) is 0.500. The molecule has 1 aromatic carbocycles. The first-order valence-electron chi connectivity index (χ1n) is 5.52. The molecule has 3 heteroatoms. The highest BCUT2D eigenvalue weighted by molar-refractivity contribution is 6.31. The van der Waals surface area contributed by atoms with Crippen molar-refractivity contribution in [3.05, 3.63) is 34.3 Å². The van der Waals surface area contributed by atoms with Crippen LogP contribution in [-0.2, 0) is 6.54 Å². The Morgan fingerprint density at radius 1 is 1.33 bits per heavy atom. The predicted molar refractivity (Wildman–Crippen MR) is 61.8 cm³/mol. The highest BCUT2D eigenvalue weighted by atomic mass is 35.5. The van der Waals surface area contributed by atoms with E-state index in [0.717, 1.165) is 24.2 Å². The summed E-state index contributed by atoms with van der Waals surface area (Å²) in [5, 5.41) is 0.869. The Balaban J connectivity index is 1.97. The first-order chi connectivity index (χ1) is 7.25. The molecular formula is C12H15ClN2. The second kappa shape index (κ2) is 3.48. The maximum Gasteiger partial charge on any atom is 0.0454 e. The average molecular weight is 223 g/mol. The van der Waals surface area contributed by atoms with Crippen molar-refractivity contribution < 1.29 is 0 Å². The summed E-state index contributed by atoms with van der Waals surface area (Å²) in [5.41, 5.74) is 8.65. The van der Waals surface area contributed by atoms with Crippen molar-refractivity contribution >= 4 is 11.6 Å². The zero-order chi connectivity index (χ0) is 10.4. The standard InChI is InChI=1S/C12H15ClN2/c13-11-3-1-2-9-10(11)6-15(7-12(9)14)8-4-5-8/h1-3,8,12H,4-7,14H2. The highest BCUT2D eigenvalue weighted by Crippen LogP contribution is 2.36. The van der Waals surface area contributed by atoms with Crippen molar-refractivity contribution in [3.63, 3.8) is 0 Å². The molecule has 3 rings (SSSR count). The number of nitrogens with zero attached hydrogens (tertiary/aromatic N) is 1. The van der Waals surface area contributed by atoms with E-state index in [0.29, 0.717) is 0 Å². The summed E-state index contributed by atoms with van der Waals surface area (Å²) in [6, 6.07) is 6.96. The molecule has 2 nitrogen and oxygen atoms in total. The van der Waals surface area contributed by atoms with Crippen LogP contribution >= 0.6 is 11.6 Å². The minimum absolute atomic E-state index is 0.132. The first-order valence-corrected chi connectivity index (χ1v) is 5.90. The Kier molecular flexibility index (Phi) is 2.23. The molecule has 1 unspecified atom stereocenters. The molecule has 1 aliphatic carbocycles. The highest BCUT2D eigenvalue weighted by Gasteiger charge is 2.34. The minimum Gasteiger partial charge on any atom is -0.323 e. The molecular weight excluding hydrogens is 208 g/mol. The number of fused-ring (bicyclic) bond motifs is 1. The van der Waals surface area contributed by atoms with Crippen molar-refractivity contribution in [2.45, 2.75) is 31.5 Å². The van der Waals surface area contributed by atoms with Crippen molar-refractivity contribution in [2.24, 2.45) is 5.73 Å². The number of nitrogens with two attached hydrogens (primary N) is 1. The number of hydrogen-bond acceptors (Lipinski definition) is 2. The molecule has 2 N–H and O–H groups in total. The number of rotatable bonds is 1. The Labute approximate surface area is 95.0 Å². The summed E-state index contributed by atoms with van der Waals surface area (Å²) >= 11 is 6.22. The summed E-state index contributed by atoms with van der Waals surface area (Å²) in [7, 11) is 0. The van der Waals surface area contributed by atoms with E-state index in [1.807, 2.05) is 12.1 Å². The molecule has 0 spiro atoms. The van der Waals surface area contributed by atoms with Crippen LogP contribution in [-0.4, -0.2) is 17.5 Å². The molecule has 0 amide bonds. The normalized spacial score (nSPS) is 26.4.